The number of pyridine rings is 2. The third-order valence-corrected chi connectivity index (χ3v) is 7.96. The summed E-state index contributed by atoms with van der Waals surface area (Å²) in [6.45, 7) is 1.20. The number of aromatic nitrogens is 4. The maximum Gasteiger partial charge on any atom is 0.408 e. The van der Waals surface area contributed by atoms with Crippen LogP contribution >= 0.6 is 0 Å². The summed E-state index contributed by atoms with van der Waals surface area (Å²) >= 11 is 0. The van der Waals surface area contributed by atoms with E-state index in [0.29, 0.717) is 33.9 Å². The molecule has 0 radical (unpaired) electrons. The van der Waals surface area contributed by atoms with E-state index in [9.17, 15) is 18.4 Å². The second-order valence-electron chi connectivity index (χ2n) is 12.2. The Hall–Kier alpha value is -4.81. The van der Waals surface area contributed by atoms with Gasteiger partial charge >= 0.3 is 12.7 Å². The average Bonchev–Trinajstić information content (AvgIpc) is 3.58. The van der Waals surface area contributed by atoms with Gasteiger partial charge in [0, 0.05) is 40.4 Å². The first-order chi connectivity index (χ1) is 22.0. The van der Waals surface area contributed by atoms with Crippen molar-refractivity contribution >= 4 is 23.2 Å². The maximum absolute atomic E-state index is 13.7. The van der Waals surface area contributed by atoms with Crippen LogP contribution in [0.2, 0.25) is 0 Å². The quantitative estimate of drug-likeness (QED) is 0.330. The van der Waals surface area contributed by atoms with Crippen molar-refractivity contribution in [3.63, 3.8) is 0 Å². The molecule has 0 saturated heterocycles. The number of imidazole rings is 1. The predicted molar refractivity (Wildman–Crippen MR) is 154 cm³/mol. The molecule has 228 valence electrons. The van der Waals surface area contributed by atoms with E-state index in [1.165, 1.54) is 18.2 Å². The summed E-state index contributed by atoms with van der Waals surface area (Å²) in [6, 6.07) is 7.55. The second-order valence-corrected chi connectivity index (χ2v) is 12.2. The van der Waals surface area contributed by atoms with Crippen molar-refractivity contribution in [2.75, 3.05) is 13.6 Å². The molecule has 13 heteroatoms. The van der Waals surface area contributed by atoms with E-state index < -0.39 is 48.8 Å². The minimum Gasteiger partial charge on any atom is -0.489 e. The fourth-order valence-corrected chi connectivity index (χ4v) is 6.15. The molecule has 3 atom stereocenters. The molecule has 0 spiro atoms. The number of nitrogens with one attached hydrogen (secondary N) is 1. The third kappa shape index (κ3) is 4.40. The normalized spacial score (nSPS) is 23.2. The zero-order valence-electron chi connectivity index (χ0n) is 27.2. The van der Waals surface area contributed by atoms with Gasteiger partial charge in [-0.05, 0) is 58.0 Å². The summed E-state index contributed by atoms with van der Waals surface area (Å²) in [5.41, 5.74) is 0.842. The van der Waals surface area contributed by atoms with Crippen LogP contribution in [-0.4, -0.2) is 62.2 Å². The number of ether oxygens (including phenoxy) is 3. The van der Waals surface area contributed by atoms with Crippen LogP contribution in [0.1, 0.15) is 77.8 Å². The number of benzene rings is 1. The van der Waals surface area contributed by atoms with E-state index in [4.69, 9.17) is 23.3 Å². The number of alkyl halides is 2. The molecule has 2 amide bonds. The lowest BCUT2D eigenvalue weighted by atomic mass is 9.98. The van der Waals surface area contributed by atoms with Crippen molar-refractivity contribution in [3.8, 4) is 22.8 Å². The van der Waals surface area contributed by atoms with E-state index in [-0.39, 0.29) is 35.7 Å². The van der Waals surface area contributed by atoms with Crippen LogP contribution in [0.25, 0.3) is 22.4 Å². The fraction of sp³-hybridized carbons (Fsp3) is 0.387. The van der Waals surface area contributed by atoms with Gasteiger partial charge in [-0.1, -0.05) is 6.07 Å². The monoisotopic (exact) mass is 607 g/mol. The van der Waals surface area contributed by atoms with E-state index in [1.54, 1.807) is 56.7 Å². The number of nitrogens with zero attached hydrogens (tertiary/aromatic N) is 5. The summed E-state index contributed by atoms with van der Waals surface area (Å²) in [7, 11) is 0. The van der Waals surface area contributed by atoms with E-state index >= 15 is 0 Å². The Labute approximate surface area is 255 Å². The number of rotatable bonds is 4. The minimum atomic E-state index is -3.17. The van der Waals surface area contributed by atoms with Crippen molar-refractivity contribution in [1.82, 2.24) is 29.7 Å². The molecule has 1 N–H and O–H groups in total. The van der Waals surface area contributed by atoms with Gasteiger partial charge in [0.1, 0.15) is 46.3 Å². The number of carbonyl (C=O) groups excluding carboxylic acids is 2. The highest BCUT2D eigenvalue weighted by Crippen LogP contribution is 2.50. The topological polar surface area (TPSA) is 121 Å². The zero-order valence-corrected chi connectivity index (χ0v) is 24.2. The molecule has 11 nitrogen and oxygen atoms in total. The predicted octanol–water partition coefficient (Wildman–Crippen LogP) is 5.35. The molecule has 4 aromatic rings. The number of amides is 2. The van der Waals surface area contributed by atoms with Crippen LogP contribution in [0, 0.1) is 0 Å². The van der Waals surface area contributed by atoms with Crippen molar-refractivity contribution in [3.05, 3.63) is 65.2 Å². The number of carbonyl (C=O) groups is 2. The van der Waals surface area contributed by atoms with E-state index in [0.717, 1.165) is 4.90 Å². The first-order valence-electron chi connectivity index (χ1n) is 15.5. The molecule has 44 heavy (non-hydrogen) atoms. The summed E-state index contributed by atoms with van der Waals surface area (Å²) in [6.07, 6.45) is 1.07. The van der Waals surface area contributed by atoms with Gasteiger partial charge in [0.15, 0.2) is 5.65 Å². The molecule has 0 aliphatic carbocycles. The van der Waals surface area contributed by atoms with E-state index in [2.05, 4.69) is 15.3 Å². The Balaban J connectivity index is 1.31. The van der Waals surface area contributed by atoms with Crippen LogP contribution in [0.4, 0.5) is 13.6 Å². The molecule has 0 fully saturated rings. The van der Waals surface area contributed by atoms with Crippen LogP contribution in [0.15, 0.2) is 42.6 Å². The fourth-order valence-electron chi connectivity index (χ4n) is 6.15. The molecule has 1 aromatic carbocycles. The van der Waals surface area contributed by atoms with Crippen molar-refractivity contribution in [2.45, 2.75) is 64.0 Å². The van der Waals surface area contributed by atoms with Crippen molar-refractivity contribution < 1.29 is 36.7 Å². The number of hydrogen-bond acceptors (Lipinski definition) is 8. The molecule has 3 aliphatic heterocycles. The largest absolute Gasteiger partial charge is 0.489 e. The molecule has 0 saturated carbocycles. The van der Waals surface area contributed by atoms with Gasteiger partial charge < -0.3 is 29.0 Å². The van der Waals surface area contributed by atoms with Gasteiger partial charge in [0.25, 0.3) is 5.91 Å². The van der Waals surface area contributed by atoms with Crippen molar-refractivity contribution in [1.29, 1.82) is 0 Å². The molecule has 1 unspecified atom stereocenters. The van der Waals surface area contributed by atoms with Crippen LogP contribution in [0.5, 0.6) is 11.5 Å². The van der Waals surface area contributed by atoms with Gasteiger partial charge in [-0.3, -0.25) is 9.78 Å². The van der Waals surface area contributed by atoms with Gasteiger partial charge in [0.05, 0.1) is 17.8 Å². The third-order valence-electron chi connectivity index (χ3n) is 7.96. The molecule has 3 aliphatic rings. The van der Waals surface area contributed by atoms with Gasteiger partial charge in [-0.2, -0.15) is 8.78 Å². The molecule has 2 bridgehead atoms. The first-order valence-corrected chi connectivity index (χ1v) is 14.0. The van der Waals surface area contributed by atoms with Gasteiger partial charge in [0.2, 0.25) is 0 Å². The lowest BCUT2D eigenvalue weighted by molar-refractivity contribution is -0.0507. The van der Waals surface area contributed by atoms with Gasteiger partial charge in [-0.25, -0.2) is 14.8 Å². The summed E-state index contributed by atoms with van der Waals surface area (Å²) in [4.78, 5) is 41.1. The number of fused-ring (bicyclic) bond motifs is 10. The summed E-state index contributed by atoms with van der Waals surface area (Å²) < 4.78 is 69.5. The lowest BCUT2D eigenvalue weighted by Gasteiger charge is -2.26. The number of alkyl carbamates (subject to hydrolysis) is 1. The Morgan fingerprint density at radius 2 is 2.05 bits per heavy atom. The van der Waals surface area contributed by atoms with E-state index in [1.807, 2.05) is 0 Å². The highest BCUT2D eigenvalue weighted by atomic mass is 19.3. The minimum absolute atomic E-state index is 0.0431. The highest BCUT2D eigenvalue weighted by Gasteiger charge is 2.45. The summed E-state index contributed by atoms with van der Waals surface area (Å²) in [5.74, 6) is -0.327. The maximum atomic E-state index is 13.7. The van der Waals surface area contributed by atoms with Crippen LogP contribution in [-0.2, 0) is 10.3 Å². The lowest BCUT2D eigenvalue weighted by Crippen LogP contribution is -2.47. The highest BCUT2D eigenvalue weighted by molar-refractivity contribution is 5.97. The van der Waals surface area contributed by atoms with Crippen LogP contribution < -0.4 is 14.8 Å². The molecular weight excluding hydrogens is 574 g/mol. The van der Waals surface area contributed by atoms with Gasteiger partial charge in [-0.15, -0.1) is 0 Å². The molecule has 7 rings (SSSR count). The average molecular weight is 608 g/mol. The Morgan fingerprint density at radius 1 is 1.23 bits per heavy atom. The standard InChI is InChI=1S/C31H30F2N6O5/c1-30(2,3)44-29(41)37-31(4)14-42-22-11-15(13-34-24(22)31)17-9-10-18-25(35-17)39-19-12-20(26(39)36-18)38(5)27(40)16-7-6-8-21(23(16)19)43-28(32)33/h6-11,13,19-20,28H,12,14H2,1-5H3,(H,37,41)/t19-,20-,31?/m1/s1/i5D3. The SMILES string of the molecule is [2H]C([2H])([2H])N1C(=O)c2cccc(OC(F)F)c2[C@H]2C[C@@H]1c1nc3ccc(-c4cnc5c(c4)OCC5(C)NC(=O)OC(C)(C)C)nc3n12. The van der Waals surface area contributed by atoms with Crippen LogP contribution in [0.3, 0.4) is 0 Å². The molecular formula is C31H30F2N6O5. The Bertz CT molecular complexity index is 1960. The second kappa shape index (κ2) is 9.60. The summed E-state index contributed by atoms with van der Waals surface area (Å²) in [5, 5.41) is 2.84. The number of hydrogen-bond donors (Lipinski definition) is 1. The Morgan fingerprint density at radius 3 is 2.80 bits per heavy atom. The smallest absolute Gasteiger partial charge is 0.408 e. The molecule has 6 heterocycles. The first kappa shape index (κ1) is 24.6. The number of halogens is 2. The Kier molecular flexibility index (Phi) is 5.37. The molecule has 3 aromatic heterocycles. The zero-order chi connectivity index (χ0) is 33.6. The van der Waals surface area contributed by atoms with Crippen molar-refractivity contribution in [2.24, 2.45) is 0 Å².